The summed E-state index contributed by atoms with van der Waals surface area (Å²) in [5, 5.41) is 9.08. The molecule has 0 radical (unpaired) electrons. The fraction of sp³-hybridized carbons (Fsp3) is 0.455. The molecule has 0 aromatic heterocycles. The van der Waals surface area contributed by atoms with Gasteiger partial charge in [0, 0.05) is 11.1 Å². The molecule has 1 fully saturated rings. The normalized spacial score (nSPS) is 31.8. The van der Waals surface area contributed by atoms with Crippen LogP contribution in [0.2, 0.25) is 0 Å². The molecule has 0 heterocycles. The van der Waals surface area contributed by atoms with E-state index >= 15 is 0 Å². The van der Waals surface area contributed by atoms with Gasteiger partial charge in [-0.3, -0.25) is 0 Å². The van der Waals surface area contributed by atoms with E-state index in [1.54, 1.807) is 0 Å². The van der Waals surface area contributed by atoms with Crippen LogP contribution in [0.15, 0.2) is 28.7 Å². The Kier molecular flexibility index (Phi) is 2.20. The summed E-state index contributed by atoms with van der Waals surface area (Å²) in [5.41, 5.74) is 1.53. The lowest BCUT2D eigenvalue weighted by Crippen LogP contribution is -2.07. The maximum Gasteiger partial charge on any atom is 0.0468 e. The van der Waals surface area contributed by atoms with Gasteiger partial charge in [-0.15, -0.1) is 0 Å². The summed E-state index contributed by atoms with van der Waals surface area (Å²) in [7, 11) is 0. The molecule has 1 N–H and O–H groups in total. The van der Waals surface area contributed by atoms with Gasteiger partial charge in [0.05, 0.1) is 0 Å². The van der Waals surface area contributed by atoms with Gasteiger partial charge in [0.1, 0.15) is 0 Å². The summed E-state index contributed by atoms with van der Waals surface area (Å²) in [6, 6.07) is 8.28. The van der Waals surface area contributed by atoms with Gasteiger partial charge >= 0.3 is 0 Å². The van der Waals surface area contributed by atoms with Gasteiger partial charge in [-0.05, 0) is 29.4 Å². The number of rotatable bonds is 2. The molecule has 1 aromatic rings. The third-order valence-corrected chi connectivity index (χ3v) is 3.81. The summed E-state index contributed by atoms with van der Waals surface area (Å²) in [6.45, 7) is 2.52. The van der Waals surface area contributed by atoms with Crippen molar-refractivity contribution in [1.82, 2.24) is 0 Å². The minimum atomic E-state index is 0.203. The van der Waals surface area contributed by atoms with E-state index < -0.39 is 0 Å². The molecule has 2 heteroatoms. The van der Waals surface area contributed by atoms with Crippen molar-refractivity contribution >= 4 is 15.9 Å². The van der Waals surface area contributed by atoms with Crippen LogP contribution in [0.5, 0.6) is 0 Å². The molecule has 13 heavy (non-hydrogen) atoms. The van der Waals surface area contributed by atoms with Crippen LogP contribution in [-0.2, 0) is 5.41 Å². The third-order valence-electron chi connectivity index (χ3n) is 3.12. The van der Waals surface area contributed by atoms with Crippen LogP contribution in [0.4, 0.5) is 0 Å². The second-order valence-electron chi connectivity index (χ2n) is 3.98. The Morgan fingerprint density at radius 1 is 1.54 bits per heavy atom. The molecule has 1 aliphatic rings. The first-order chi connectivity index (χ1) is 6.18. The van der Waals surface area contributed by atoms with Gasteiger partial charge in [0.2, 0.25) is 0 Å². The average molecular weight is 241 g/mol. The lowest BCUT2D eigenvalue weighted by molar-refractivity contribution is 0.265. The fourth-order valence-electron chi connectivity index (χ4n) is 1.97. The Bertz CT molecular complexity index is 324. The van der Waals surface area contributed by atoms with E-state index in [-0.39, 0.29) is 5.41 Å². The topological polar surface area (TPSA) is 20.2 Å². The minimum Gasteiger partial charge on any atom is -0.396 e. The van der Waals surface area contributed by atoms with Crippen LogP contribution in [0.1, 0.15) is 18.9 Å². The summed E-state index contributed by atoms with van der Waals surface area (Å²) in [5.74, 6) is 0.450. The Labute approximate surface area is 86.9 Å². The smallest absolute Gasteiger partial charge is 0.0468 e. The molecule has 1 nitrogen and oxygen atoms in total. The Hall–Kier alpha value is -0.340. The van der Waals surface area contributed by atoms with Crippen molar-refractivity contribution in [2.75, 3.05) is 6.61 Å². The zero-order chi connectivity index (χ0) is 9.47. The summed E-state index contributed by atoms with van der Waals surface area (Å²) in [6.07, 6.45) is 1.10. The highest BCUT2D eigenvalue weighted by Crippen LogP contribution is 2.55. The zero-order valence-electron chi connectivity index (χ0n) is 7.63. The van der Waals surface area contributed by atoms with E-state index in [1.807, 2.05) is 6.07 Å². The van der Waals surface area contributed by atoms with Crippen molar-refractivity contribution in [3.8, 4) is 0 Å². The molecule has 1 aliphatic carbocycles. The van der Waals surface area contributed by atoms with Crippen LogP contribution in [0, 0.1) is 5.92 Å². The van der Waals surface area contributed by atoms with Gasteiger partial charge in [0.15, 0.2) is 0 Å². The van der Waals surface area contributed by atoms with Gasteiger partial charge in [-0.2, -0.15) is 0 Å². The maximum atomic E-state index is 9.08. The summed E-state index contributed by atoms with van der Waals surface area (Å²) >= 11 is 3.55. The second-order valence-corrected chi connectivity index (χ2v) is 4.84. The number of aliphatic hydroxyl groups is 1. The molecule has 0 saturated heterocycles. The molecule has 1 aromatic carbocycles. The minimum absolute atomic E-state index is 0.203. The van der Waals surface area contributed by atoms with Crippen LogP contribution in [0.3, 0.4) is 0 Å². The molecule has 0 aliphatic heterocycles. The standard InChI is InChI=1S/C11H13BrO/c1-11(6-8(11)7-13)9-4-2-3-5-10(9)12/h2-5,8,13H,6-7H2,1H3. The highest BCUT2D eigenvalue weighted by Gasteiger charge is 2.51. The fourth-order valence-corrected chi connectivity index (χ4v) is 2.71. The van der Waals surface area contributed by atoms with E-state index in [9.17, 15) is 0 Å². The maximum absolute atomic E-state index is 9.08. The van der Waals surface area contributed by atoms with Crippen LogP contribution < -0.4 is 0 Å². The van der Waals surface area contributed by atoms with Crippen molar-refractivity contribution < 1.29 is 5.11 Å². The second kappa shape index (κ2) is 3.10. The first kappa shape index (κ1) is 9.22. The quantitative estimate of drug-likeness (QED) is 0.844. The molecule has 0 spiro atoms. The monoisotopic (exact) mass is 240 g/mol. The first-order valence-corrected chi connectivity index (χ1v) is 5.33. The lowest BCUT2D eigenvalue weighted by atomic mass is 9.96. The molecule has 0 bridgehead atoms. The van der Waals surface area contributed by atoms with Crippen molar-refractivity contribution in [2.24, 2.45) is 5.92 Å². The van der Waals surface area contributed by atoms with Crippen molar-refractivity contribution in [3.05, 3.63) is 34.3 Å². The van der Waals surface area contributed by atoms with E-state index in [0.717, 1.165) is 10.9 Å². The summed E-state index contributed by atoms with van der Waals surface area (Å²) < 4.78 is 1.16. The first-order valence-electron chi connectivity index (χ1n) is 4.54. The molecule has 1 saturated carbocycles. The third kappa shape index (κ3) is 1.42. The number of halogens is 1. The van der Waals surface area contributed by atoms with Gasteiger partial charge in [0.25, 0.3) is 0 Å². The number of benzene rings is 1. The predicted molar refractivity (Wildman–Crippen MR) is 56.7 cm³/mol. The Morgan fingerprint density at radius 3 is 2.77 bits per heavy atom. The highest BCUT2D eigenvalue weighted by atomic mass is 79.9. The van der Waals surface area contributed by atoms with Gasteiger partial charge in [-0.1, -0.05) is 41.1 Å². The number of hydrogen-bond donors (Lipinski definition) is 1. The Morgan fingerprint density at radius 2 is 2.23 bits per heavy atom. The van der Waals surface area contributed by atoms with Crippen LogP contribution >= 0.6 is 15.9 Å². The van der Waals surface area contributed by atoms with Crippen molar-refractivity contribution in [1.29, 1.82) is 0 Å². The van der Waals surface area contributed by atoms with Crippen LogP contribution in [-0.4, -0.2) is 11.7 Å². The van der Waals surface area contributed by atoms with E-state index in [0.29, 0.717) is 12.5 Å². The zero-order valence-corrected chi connectivity index (χ0v) is 9.21. The van der Waals surface area contributed by atoms with Crippen LogP contribution in [0.25, 0.3) is 0 Å². The highest BCUT2D eigenvalue weighted by molar-refractivity contribution is 9.10. The molecule has 2 atom stereocenters. The number of hydrogen-bond acceptors (Lipinski definition) is 1. The van der Waals surface area contributed by atoms with Gasteiger partial charge < -0.3 is 5.11 Å². The van der Waals surface area contributed by atoms with E-state index in [1.165, 1.54) is 5.56 Å². The average Bonchev–Trinajstić information content (AvgIpc) is 2.79. The molecular weight excluding hydrogens is 228 g/mol. The number of aliphatic hydroxyl groups excluding tert-OH is 1. The van der Waals surface area contributed by atoms with E-state index in [2.05, 4.69) is 41.1 Å². The molecule has 70 valence electrons. The van der Waals surface area contributed by atoms with Crippen molar-refractivity contribution in [3.63, 3.8) is 0 Å². The van der Waals surface area contributed by atoms with E-state index in [4.69, 9.17) is 5.11 Å². The molecule has 2 unspecified atom stereocenters. The SMILES string of the molecule is CC1(c2ccccc2Br)CC1CO. The van der Waals surface area contributed by atoms with Gasteiger partial charge in [-0.25, -0.2) is 0 Å². The molecular formula is C11H13BrO. The summed E-state index contributed by atoms with van der Waals surface area (Å²) in [4.78, 5) is 0. The predicted octanol–water partition coefficient (Wildman–Crippen LogP) is 2.72. The molecule has 0 amide bonds. The largest absolute Gasteiger partial charge is 0.396 e. The molecule has 2 rings (SSSR count). The lowest BCUT2D eigenvalue weighted by Gasteiger charge is -2.12. The Balaban J connectivity index is 2.32. The van der Waals surface area contributed by atoms with Crippen molar-refractivity contribution in [2.45, 2.75) is 18.8 Å².